The molecule has 0 atom stereocenters. The molecule has 1 rings (SSSR count). The van der Waals surface area contributed by atoms with Crippen LogP contribution in [0.1, 0.15) is 5.56 Å². The second kappa shape index (κ2) is 3.71. The summed E-state index contributed by atoms with van der Waals surface area (Å²) in [5, 5.41) is 10.5. The van der Waals surface area contributed by atoms with Crippen molar-refractivity contribution in [1.29, 1.82) is 0 Å². The van der Waals surface area contributed by atoms with Gasteiger partial charge in [0.05, 0.1) is 4.92 Å². The number of hydrogen-bond acceptors (Lipinski definition) is 3. The summed E-state index contributed by atoms with van der Waals surface area (Å²) in [7, 11) is 0. The molecule has 0 fully saturated rings. The van der Waals surface area contributed by atoms with Crippen molar-refractivity contribution in [3.63, 3.8) is 0 Å². The van der Waals surface area contributed by atoms with Crippen molar-refractivity contribution in [3.05, 3.63) is 46.5 Å². The van der Waals surface area contributed by atoms with Crippen LogP contribution in [-0.2, 0) is 6.42 Å². The summed E-state index contributed by atoms with van der Waals surface area (Å²) < 4.78 is 0. The number of allylic oxidation sites excluding steroid dienone is 1. The fraction of sp³-hybridized carbons (Fsp3) is 0.111. The Bertz CT molecular complexity index is 347. The predicted molar refractivity (Wildman–Crippen MR) is 51.4 cm³/mol. The molecule has 68 valence electrons. The van der Waals surface area contributed by atoms with E-state index in [4.69, 9.17) is 5.73 Å². The van der Waals surface area contributed by atoms with Crippen LogP contribution >= 0.6 is 0 Å². The Balaban J connectivity index is 3.17. The van der Waals surface area contributed by atoms with E-state index in [1.54, 1.807) is 18.2 Å². The lowest BCUT2D eigenvalue weighted by Crippen LogP contribution is -1.99. The van der Waals surface area contributed by atoms with E-state index in [-0.39, 0.29) is 11.4 Å². The number of benzene rings is 1. The minimum atomic E-state index is -0.484. The standard InChI is InChI=1S/C9H10N2O2/c1-2-4-7-5-3-6-8(9(7)10)11(12)13/h2-3,5-6H,1,4,10H2. The topological polar surface area (TPSA) is 69.2 Å². The van der Waals surface area contributed by atoms with Gasteiger partial charge in [0, 0.05) is 6.07 Å². The molecule has 1 aromatic rings. The van der Waals surface area contributed by atoms with Crippen LogP contribution < -0.4 is 5.73 Å². The summed E-state index contributed by atoms with van der Waals surface area (Å²) in [6.07, 6.45) is 2.21. The van der Waals surface area contributed by atoms with Gasteiger partial charge in [-0.15, -0.1) is 6.58 Å². The quantitative estimate of drug-likeness (QED) is 0.332. The van der Waals surface area contributed by atoms with Crippen molar-refractivity contribution in [2.75, 3.05) is 5.73 Å². The van der Waals surface area contributed by atoms with Crippen LogP contribution in [0, 0.1) is 10.1 Å². The number of nitrogens with zero attached hydrogens (tertiary/aromatic N) is 1. The SMILES string of the molecule is C=CCc1cccc([N+](=O)[O-])c1N. The van der Waals surface area contributed by atoms with E-state index in [2.05, 4.69) is 6.58 Å². The summed E-state index contributed by atoms with van der Waals surface area (Å²) in [5.74, 6) is 0. The zero-order chi connectivity index (χ0) is 9.84. The van der Waals surface area contributed by atoms with Crippen LogP contribution in [0.15, 0.2) is 30.9 Å². The van der Waals surface area contributed by atoms with E-state index in [9.17, 15) is 10.1 Å². The Morgan fingerprint density at radius 1 is 1.62 bits per heavy atom. The average Bonchev–Trinajstić information content (AvgIpc) is 2.08. The molecule has 0 amide bonds. The van der Waals surface area contributed by atoms with E-state index < -0.39 is 4.92 Å². The Hall–Kier alpha value is -1.84. The lowest BCUT2D eigenvalue weighted by molar-refractivity contribution is -0.383. The Labute approximate surface area is 75.8 Å². The first-order chi connectivity index (χ1) is 6.16. The minimum absolute atomic E-state index is 0.0423. The zero-order valence-electron chi connectivity index (χ0n) is 7.06. The summed E-state index contributed by atoms with van der Waals surface area (Å²) in [6, 6.07) is 4.76. The van der Waals surface area contributed by atoms with Gasteiger partial charge in [-0.05, 0) is 12.0 Å². The summed E-state index contributed by atoms with van der Waals surface area (Å²) in [6.45, 7) is 3.55. The van der Waals surface area contributed by atoms with Gasteiger partial charge in [-0.25, -0.2) is 0 Å². The van der Waals surface area contributed by atoms with Gasteiger partial charge >= 0.3 is 0 Å². The second-order valence-electron chi connectivity index (χ2n) is 2.60. The van der Waals surface area contributed by atoms with Crippen LogP contribution in [0.3, 0.4) is 0 Å². The molecule has 0 saturated heterocycles. The number of anilines is 1. The van der Waals surface area contributed by atoms with Crippen LogP contribution in [0.25, 0.3) is 0 Å². The third-order valence-electron chi connectivity index (χ3n) is 1.73. The van der Waals surface area contributed by atoms with Gasteiger partial charge < -0.3 is 5.73 Å². The maximum absolute atomic E-state index is 10.5. The molecule has 0 aromatic heterocycles. The highest BCUT2D eigenvalue weighted by atomic mass is 16.6. The molecule has 0 aliphatic heterocycles. The lowest BCUT2D eigenvalue weighted by Gasteiger charge is -2.02. The Kier molecular flexibility index (Phi) is 2.64. The molecular weight excluding hydrogens is 168 g/mol. The van der Waals surface area contributed by atoms with Crippen molar-refractivity contribution < 1.29 is 4.92 Å². The first-order valence-electron chi connectivity index (χ1n) is 3.79. The first kappa shape index (κ1) is 9.25. The van der Waals surface area contributed by atoms with Crippen molar-refractivity contribution >= 4 is 11.4 Å². The summed E-state index contributed by atoms with van der Waals surface area (Å²) >= 11 is 0. The van der Waals surface area contributed by atoms with Crippen LogP contribution in [0.2, 0.25) is 0 Å². The maximum Gasteiger partial charge on any atom is 0.292 e. The molecular formula is C9H10N2O2. The summed E-state index contributed by atoms with van der Waals surface area (Å²) in [4.78, 5) is 9.99. The van der Waals surface area contributed by atoms with Crippen molar-refractivity contribution in [2.45, 2.75) is 6.42 Å². The van der Waals surface area contributed by atoms with E-state index in [0.717, 1.165) is 5.56 Å². The number of nitro groups is 1. The number of nitrogen functional groups attached to an aromatic ring is 1. The van der Waals surface area contributed by atoms with E-state index >= 15 is 0 Å². The third-order valence-corrected chi connectivity index (χ3v) is 1.73. The molecule has 0 heterocycles. The third kappa shape index (κ3) is 1.84. The number of hydrogen-bond donors (Lipinski definition) is 1. The van der Waals surface area contributed by atoms with Crippen LogP contribution in [0.5, 0.6) is 0 Å². The van der Waals surface area contributed by atoms with Crippen molar-refractivity contribution in [3.8, 4) is 0 Å². The molecule has 0 aliphatic rings. The molecule has 0 spiro atoms. The fourth-order valence-electron chi connectivity index (χ4n) is 1.09. The van der Waals surface area contributed by atoms with E-state index in [1.165, 1.54) is 6.07 Å². The van der Waals surface area contributed by atoms with Crippen LogP contribution in [-0.4, -0.2) is 4.92 Å². The van der Waals surface area contributed by atoms with Crippen molar-refractivity contribution in [2.24, 2.45) is 0 Å². The van der Waals surface area contributed by atoms with Gasteiger partial charge in [-0.1, -0.05) is 18.2 Å². The maximum atomic E-state index is 10.5. The van der Waals surface area contributed by atoms with Gasteiger partial charge in [0.15, 0.2) is 0 Å². The molecule has 4 heteroatoms. The molecule has 0 unspecified atom stereocenters. The fourth-order valence-corrected chi connectivity index (χ4v) is 1.09. The average molecular weight is 178 g/mol. The van der Waals surface area contributed by atoms with Gasteiger partial charge in [-0.2, -0.15) is 0 Å². The molecule has 0 radical (unpaired) electrons. The van der Waals surface area contributed by atoms with E-state index in [1.807, 2.05) is 0 Å². The number of rotatable bonds is 3. The minimum Gasteiger partial charge on any atom is -0.393 e. The Morgan fingerprint density at radius 3 is 2.85 bits per heavy atom. The largest absolute Gasteiger partial charge is 0.393 e. The van der Waals surface area contributed by atoms with Gasteiger partial charge in [0.25, 0.3) is 5.69 Å². The van der Waals surface area contributed by atoms with Gasteiger partial charge in [0.2, 0.25) is 0 Å². The van der Waals surface area contributed by atoms with Gasteiger partial charge in [0.1, 0.15) is 5.69 Å². The highest BCUT2D eigenvalue weighted by molar-refractivity contribution is 5.63. The second-order valence-corrected chi connectivity index (χ2v) is 2.60. The monoisotopic (exact) mass is 178 g/mol. The number of nitro benzene ring substituents is 1. The molecule has 2 N–H and O–H groups in total. The number of para-hydroxylation sites is 1. The summed E-state index contributed by atoms with van der Waals surface area (Å²) in [5.41, 5.74) is 6.51. The van der Waals surface area contributed by atoms with Gasteiger partial charge in [-0.3, -0.25) is 10.1 Å². The highest BCUT2D eigenvalue weighted by Crippen LogP contribution is 2.24. The molecule has 0 bridgehead atoms. The predicted octanol–water partition coefficient (Wildman–Crippen LogP) is 1.91. The highest BCUT2D eigenvalue weighted by Gasteiger charge is 2.12. The number of nitrogens with two attached hydrogens (primary N) is 1. The lowest BCUT2D eigenvalue weighted by atomic mass is 10.1. The smallest absolute Gasteiger partial charge is 0.292 e. The van der Waals surface area contributed by atoms with E-state index in [0.29, 0.717) is 6.42 Å². The Morgan fingerprint density at radius 2 is 2.31 bits per heavy atom. The molecule has 0 saturated carbocycles. The zero-order valence-corrected chi connectivity index (χ0v) is 7.06. The molecule has 0 aliphatic carbocycles. The van der Waals surface area contributed by atoms with Crippen LogP contribution in [0.4, 0.5) is 11.4 Å². The normalized spacial score (nSPS) is 9.54. The molecule has 1 aromatic carbocycles. The first-order valence-corrected chi connectivity index (χ1v) is 3.79. The van der Waals surface area contributed by atoms with Crippen molar-refractivity contribution in [1.82, 2.24) is 0 Å². The molecule has 4 nitrogen and oxygen atoms in total. The molecule has 13 heavy (non-hydrogen) atoms.